The van der Waals surface area contributed by atoms with Crippen molar-refractivity contribution in [2.24, 2.45) is 0 Å². The van der Waals surface area contributed by atoms with Crippen LogP contribution in [0.5, 0.6) is 5.75 Å². The van der Waals surface area contributed by atoms with Gasteiger partial charge < -0.3 is 10.4 Å². The second-order valence-corrected chi connectivity index (χ2v) is 4.58. The maximum absolute atomic E-state index is 9.82. The Bertz CT molecular complexity index is 495. The fraction of sp³-hybridized carbons (Fsp3) is 0.250. The summed E-state index contributed by atoms with van der Waals surface area (Å²) in [6.45, 7) is 4.19. The number of phenols is 1. The molecule has 18 heavy (non-hydrogen) atoms. The quantitative estimate of drug-likeness (QED) is 0.853. The van der Waals surface area contributed by atoms with E-state index < -0.39 is 0 Å². The van der Waals surface area contributed by atoms with E-state index in [-0.39, 0.29) is 12.1 Å². The molecular weight excluding hydrogens is 222 g/mol. The lowest BCUT2D eigenvalue weighted by molar-refractivity contribution is 0.438. The third kappa shape index (κ3) is 2.90. The fourth-order valence-electron chi connectivity index (χ4n) is 2.16. The highest BCUT2D eigenvalue weighted by molar-refractivity contribution is 5.34. The van der Waals surface area contributed by atoms with Gasteiger partial charge in [-0.05, 0) is 25.5 Å². The molecule has 0 amide bonds. The summed E-state index contributed by atoms with van der Waals surface area (Å²) in [5.41, 5.74) is 2.18. The average Bonchev–Trinajstić information content (AvgIpc) is 2.40. The van der Waals surface area contributed by atoms with Crippen LogP contribution in [0.2, 0.25) is 0 Å². The van der Waals surface area contributed by atoms with Crippen LogP contribution in [0.1, 0.15) is 37.1 Å². The third-order valence-corrected chi connectivity index (χ3v) is 3.20. The Morgan fingerprint density at radius 1 is 0.833 bits per heavy atom. The zero-order valence-electron chi connectivity index (χ0n) is 10.8. The smallest absolute Gasteiger partial charge is 0.120 e. The van der Waals surface area contributed by atoms with Crippen LogP contribution in [0.15, 0.2) is 54.6 Å². The van der Waals surface area contributed by atoms with Crippen molar-refractivity contribution in [2.75, 3.05) is 0 Å². The second kappa shape index (κ2) is 5.69. The van der Waals surface area contributed by atoms with E-state index in [1.54, 1.807) is 6.07 Å². The highest BCUT2D eigenvalue weighted by atomic mass is 16.3. The van der Waals surface area contributed by atoms with E-state index in [0.717, 1.165) is 5.56 Å². The average molecular weight is 241 g/mol. The van der Waals surface area contributed by atoms with Gasteiger partial charge in [0, 0.05) is 17.6 Å². The predicted molar refractivity (Wildman–Crippen MR) is 74.5 cm³/mol. The molecule has 0 saturated heterocycles. The Morgan fingerprint density at radius 2 is 1.44 bits per heavy atom. The highest BCUT2D eigenvalue weighted by Gasteiger charge is 2.13. The standard InChI is InChI=1S/C16H19NO/c1-12(14-8-4-3-5-9-14)17-13(2)15-10-6-7-11-16(15)18/h3-13,17-18H,1-2H3/t12-,13-/m0/s1. The molecule has 2 aromatic carbocycles. The van der Waals surface area contributed by atoms with E-state index in [4.69, 9.17) is 0 Å². The first kappa shape index (κ1) is 12.7. The molecule has 0 aliphatic carbocycles. The maximum Gasteiger partial charge on any atom is 0.120 e. The molecule has 94 valence electrons. The van der Waals surface area contributed by atoms with Crippen molar-refractivity contribution in [3.05, 3.63) is 65.7 Å². The summed E-state index contributed by atoms with van der Waals surface area (Å²) in [6.07, 6.45) is 0. The van der Waals surface area contributed by atoms with E-state index >= 15 is 0 Å². The lowest BCUT2D eigenvalue weighted by Crippen LogP contribution is -2.22. The Hall–Kier alpha value is -1.80. The molecule has 0 aliphatic heterocycles. The summed E-state index contributed by atoms with van der Waals surface area (Å²) in [6, 6.07) is 18.1. The van der Waals surface area contributed by atoms with Crippen molar-refractivity contribution in [3.8, 4) is 5.75 Å². The third-order valence-electron chi connectivity index (χ3n) is 3.20. The molecule has 0 unspecified atom stereocenters. The lowest BCUT2D eigenvalue weighted by Gasteiger charge is -2.21. The zero-order valence-corrected chi connectivity index (χ0v) is 10.8. The van der Waals surface area contributed by atoms with Gasteiger partial charge in [0.05, 0.1) is 0 Å². The number of nitrogens with one attached hydrogen (secondary N) is 1. The molecule has 2 N–H and O–H groups in total. The SMILES string of the molecule is C[C@H](N[C@@H](C)c1ccccc1O)c1ccccc1. The largest absolute Gasteiger partial charge is 0.508 e. The molecule has 0 radical (unpaired) electrons. The Kier molecular flexibility index (Phi) is 4.00. The fourth-order valence-corrected chi connectivity index (χ4v) is 2.16. The van der Waals surface area contributed by atoms with Crippen LogP contribution in [-0.2, 0) is 0 Å². The van der Waals surface area contributed by atoms with Gasteiger partial charge in [-0.2, -0.15) is 0 Å². The van der Waals surface area contributed by atoms with Crippen LogP contribution in [-0.4, -0.2) is 5.11 Å². The van der Waals surface area contributed by atoms with E-state index in [1.165, 1.54) is 5.56 Å². The normalized spacial score (nSPS) is 14.1. The molecule has 2 atom stereocenters. The Labute approximate surface area is 108 Å². The molecule has 0 bridgehead atoms. The van der Waals surface area contributed by atoms with Gasteiger partial charge in [0.25, 0.3) is 0 Å². The van der Waals surface area contributed by atoms with Crippen molar-refractivity contribution < 1.29 is 5.11 Å². The van der Waals surface area contributed by atoms with E-state index in [9.17, 15) is 5.11 Å². The summed E-state index contributed by atoms with van der Waals surface area (Å²) >= 11 is 0. The molecule has 0 spiro atoms. The van der Waals surface area contributed by atoms with Crippen molar-refractivity contribution in [2.45, 2.75) is 25.9 Å². The van der Waals surface area contributed by atoms with Crippen LogP contribution in [0.3, 0.4) is 0 Å². The van der Waals surface area contributed by atoms with Gasteiger partial charge >= 0.3 is 0 Å². The molecule has 0 aromatic heterocycles. The monoisotopic (exact) mass is 241 g/mol. The molecule has 2 nitrogen and oxygen atoms in total. The number of benzene rings is 2. The van der Waals surface area contributed by atoms with E-state index in [2.05, 4.69) is 31.3 Å². The van der Waals surface area contributed by atoms with Gasteiger partial charge in [0.15, 0.2) is 0 Å². The van der Waals surface area contributed by atoms with Crippen molar-refractivity contribution in [3.63, 3.8) is 0 Å². The first-order chi connectivity index (χ1) is 8.68. The minimum atomic E-state index is 0.112. The predicted octanol–water partition coefficient (Wildman–Crippen LogP) is 3.80. The topological polar surface area (TPSA) is 32.3 Å². The number of hydrogen-bond donors (Lipinski definition) is 2. The molecule has 0 saturated carbocycles. The number of rotatable bonds is 4. The molecule has 0 fully saturated rings. The summed E-state index contributed by atoms with van der Waals surface area (Å²) in [5, 5.41) is 13.3. The van der Waals surface area contributed by atoms with Crippen LogP contribution < -0.4 is 5.32 Å². The first-order valence-corrected chi connectivity index (χ1v) is 6.27. The van der Waals surface area contributed by atoms with Gasteiger partial charge in [-0.25, -0.2) is 0 Å². The van der Waals surface area contributed by atoms with Gasteiger partial charge in [-0.1, -0.05) is 48.5 Å². The summed E-state index contributed by atoms with van der Waals surface area (Å²) in [7, 11) is 0. The Morgan fingerprint density at radius 3 is 2.11 bits per heavy atom. The van der Waals surface area contributed by atoms with Crippen LogP contribution in [0, 0.1) is 0 Å². The highest BCUT2D eigenvalue weighted by Crippen LogP contribution is 2.25. The minimum absolute atomic E-state index is 0.112. The van der Waals surface area contributed by atoms with Gasteiger partial charge in [0.2, 0.25) is 0 Å². The first-order valence-electron chi connectivity index (χ1n) is 6.27. The molecule has 0 aliphatic rings. The molecule has 2 heteroatoms. The van der Waals surface area contributed by atoms with Crippen LogP contribution >= 0.6 is 0 Å². The Balaban J connectivity index is 2.08. The summed E-state index contributed by atoms with van der Waals surface area (Å²) in [5.74, 6) is 0.345. The molecule has 2 rings (SSSR count). The van der Waals surface area contributed by atoms with Gasteiger partial charge in [0.1, 0.15) is 5.75 Å². The summed E-state index contributed by atoms with van der Waals surface area (Å²) in [4.78, 5) is 0. The van der Waals surface area contributed by atoms with E-state index in [1.807, 2.05) is 36.4 Å². The number of phenolic OH excluding ortho intramolecular Hbond substituents is 1. The molecule has 0 heterocycles. The number of aromatic hydroxyl groups is 1. The number of para-hydroxylation sites is 1. The maximum atomic E-state index is 9.82. The van der Waals surface area contributed by atoms with Crippen molar-refractivity contribution in [1.82, 2.24) is 5.32 Å². The molecular formula is C16H19NO. The summed E-state index contributed by atoms with van der Waals surface area (Å²) < 4.78 is 0. The second-order valence-electron chi connectivity index (χ2n) is 4.58. The van der Waals surface area contributed by atoms with Crippen molar-refractivity contribution >= 4 is 0 Å². The number of hydrogen-bond acceptors (Lipinski definition) is 2. The van der Waals surface area contributed by atoms with Crippen LogP contribution in [0.25, 0.3) is 0 Å². The van der Waals surface area contributed by atoms with Crippen LogP contribution in [0.4, 0.5) is 0 Å². The minimum Gasteiger partial charge on any atom is -0.508 e. The van der Waals surface area contributed by atoms with E-state index in [0.29, 0.717) is 5.75 Å². The zero-order chi connectivity index (χ0) is 13.0. The van der Waals surface area contributed by atoms with Gasteiger partial charge in [-0.3, -0.25) is 0 Å². The van der Waals surface area contributed by atoms with Gasteiger partial charge in [-0.15, -0.1) is 0 Å². The molecule has 2 aromatic rings. The van der Waals surface area contributed by atoms with Crippen molar-refractivity contribution in [1.29, 1.82) is 0 Å². The lowest BCUT2D eigenvalue weighted by atomic mass is 10.0.